The van der Waals surface area contributed by atoms with Gasteiger partial charge in [0, 0.05) is 12.1 Å². The summed E-state index contributed by atoms with van der Waals surface area (Å²) in [5, 5.41) is 2.45. The molecule has 31 heavy (non-hydrogen) atoms. The summed E-state index contributed by atoms with van der Waals surface area (Å²) in [7, 11) is 1.25. The van der Waals surface area contributed by atoms with Gasteiger partial charge in [0.05, 0.1) is 18.5 Å². The minimum atomic E-state index is -1.05. The van der Waals surface area contributed by atoms with E-state index in [-0.39, 0.29) is 18.5 Å². The highest BCUT2D eigenvalue weighted by Gasteiger charge is 2.41. The average Bonchev–Trinajstić information content (AvgIpc) is 2.81. The van der Waals surface area contributed by atoms with Gasteiger partial charge in [-0.25, -0.2) is 9.59 Å². The van der Waals surface area contributed by atoms with Gasteiger partial charge in [-0.2, -0.15) is 0 Å². The molecule has 3 rings (SSSR count). The third-order valence-electron chi connectivity index (χ3n) is 5.17. The lowest BCUT2D eigenvalue weighted by atomic mass is 9.95. The molecule has 1 fully saturated rings. The van der Waals surface area contributed by atoms with Crippen molar-refractivity contribution in [2.45, 2.75) is 36.9 Å². The van der Waals surface area contributed by atoms with E-state index in [1.807, 2.05) is 30.3 Å². The minimum absolute atomic E-state index is 0.0924. The molecule has 2 aromatic rings. The third-order valence-corrected chi connectivity index (χ3v) is 5.53. The molecule has 1 saturated heterocycles. The second kappa shape index (κ2) is 10.8. The third kappa shape index (κ3) is 5.98. The minimum Gasteiger partial charge on any atom is -0.467 e. The predicted molar refractivity (Wildman–Crippen MR) is 116 cm³/mol. The van der Waals surface area contributed by atoms with Crippen LogP contribution in [0.5, 0.6) is 0 Å². The largest absolute Gasteiger partial charge is 0.467 e. The molecular weight excluding hydrogens is 420 g/mol. The van der Waals surface area contributed by atoms with E-state index in [2.05, 4.69) is 5.32 Å². The summed E-state index contributed by atoms with van der Waals surface area (Å²) < 4.78 is 10.4. The summed E-state index contributed by atoms with van der Waals surface area (Å²) in [4.78, 5) is 39.5. The number of hydrogen-bond donors (Lipinski definition) is 1. The fourth-order valence-corrected chi connectivity index (χ4v) is 3.83. The molecule has 164 valence electrons. The summed E-state index contributed by atoms with van der Waals surface area (Å²) in [5.41, 5.74) is 1.24. The summed E-state index contributed by atoms with van der Waals surface area (Å²) >= 11 is 6.30. The zero-order valence-corrected chi connectivity index (χ0v) is 18.0. The molecule has 0 saturated carbocycles. The molecule has 1 aliphatic rings. The van der Waals surface area contributed by atoms with E-state index >= 15 is 0 Å². The van der Waals surface area contributed by atoms with Crippen molar-refractivity contribution >= 4 is 29.6 Å². The number of piperidine rings is 1. The number of hydrogen-bond acceptors (Lipinski definition) is 5. The Morgan fingerprint density at radius 1 is 1.06 bits per heavy atom. The van der Waals surface area contributed by atoms with Crippen LogP contribution in [0.4, 0.5) is 4.79 Å². The number of benzene rings is 2. The standard InChI is InChI=1S/C23H25ClN2O5/c1-30-22(28)20(25-21(27)17-10-6-3-7-11-17)19-13-12-18(24)14-26(19)23(29)31-15-16-8-4-2-5-9-16/h2-11,18-20H,12-15H2,1H3,(H,25,27). The quantitative estimate of drug-likeness (QED) is 0.545. The number of rotatable bonds is 6. The smallest absolute Gasteiger partial charge is 0.410 e. The lowest BCUT2D eigenvalue weighted by Crippen LogP contribution is -2.60. The summed E-state index contributed by atoms with van der Waals surface area (Å²) in [6.07, 6.45) is 0.411. The Morgan fingerprint density at radius 3 is 2.35 bits per heavy atom. The zero-order chi connectivity index (χ0) is 22.2. The number of halogens is 1. The first kappa shape index (κ1) is 22.6. The van der Waals surface area contributed by atoms with Crippen LogP contribution in [-0.2, 0) is 20.9 Å². The zero-order valence-electron chi connectivity index (χ0n) is 17.2. The van der Waals surface area contributed by atoms with Gasteiger partial charge in [-0.3, -0.25) is 4.79 Å². The van der Waals surface area contributed by atoms with Gasteiger partial charge in [-0.15, -0.1) is 11.6 Å². The van der Waals surface area contributed by atoms with Gasteiger partial charge in [0.25, 0.3) is 5.91 Å². The van der Waals surface area contributed by atoms with Crippen LogP contribution in [0.2, 0.25) is 0 Å². The molecule has 3 unspecified atom stereocenters. The van der Waals surface area contributed by atoms with Gasteiger partial charge in [0.15, 0.2) is 0 Å². The lowest BCUT2D eigenvalue weighted by molar-refractivity contribution is -0.145. The van der Waals surface area contributed by atoms with Gasteiger partial charge in [0.1, 0.15) is 12.6 Å². The van der Waals surface area contributed by atoms with Crippen molar-refractivity contribution in [3.63, 3.8) is 0 Å². The second-order valence-corrected chi connectivity index (χ2v) is 7.89. The van der Waals surface area contributed by atoms with E-state index in [0.29, 0.717) is 18.4 Å². The summed E-state index contributed by atoms with van der Waals surface area (Å²) in [6, 6.07) is 16.1. The lowest BCUT2D eigenvalue weighted by Gasteiger charge is -2.40. The van der Waals surface area contributed by atoms with Crippen LogP contribution >= 0.6 is 11.6 Å². The van der Waals surface area contributed by atoms with Gasteiger partial charge in [-0.1, -0.05) is 48.5 Å². The first-order valence-corrected chi connectivity index (χ1v) is 10.5. The van der Waals surface area contributed by atoms with Crippen molar-refractivity contribution in [1.29, 1.82) is 0 Å². The number of ether oxygens (including phenoxy) is 2. The molecule has 2 aromatic carbocycles. The monoisotopic (exact) mass is 444 g/mol. The fraction of sp³-hybridized carbons (Fsp3) is 0.348. The highest BCUT2D eigenvalue weighted by Crippen LogP contribution is 2.25. The molecular formula is C23H25ClN2O5. The molecule has 2 amide bonds. The number of nitrogens with zero attached hydrogens (tertiary/aromatic N) is 1. The van der Waals surface area contributed by atoms with Crippen molar-refractivity contribution in [3.8, 4) is 0 Å². The van der Waals surface area contributed by atoms with Gasteiger partial charge >= 0.3 is 12.1 Å². The molecule has 0 radical (unpaired) electrons. The van der Waals surface area contributed by atoms with E-state index < -0.39 is 30.1 Å². The number of alkyl halides is 1. The molecule has 1 heterocycles. The van der Waals surface area contributed by atoms with Crippen LogP contribution in [0.15, 0.2) is 60.7 Å². The Bertz CT molecular complexity index is 893. The molecule has 1 aliphatic heterocycles. The molecule has 0 aromatic heterocycles. The number of carbonyl (C=O) groups is 3. The van der Waals surface area contributed by atoms with Crippen molar-refractivity contribution in [3.05, 3.63) is 71.8 Å². The molecule has 0 bridgehead atoms. The van der Waals surface area contributed by atoms with Crippen LogP contribution in [0.1, 0.15) is 28.8 Å². The van der Waals surface area contributed by atoms with Crippen LogP contribution in [0.3, 0.4) is 0 Å². The number of carbonyl (C=O) groups excluding carboxylic acids is 3. The molecule has 0 spiro atoms. The first-order chi connectivity index (χ1) is 15.0. The Balaban J connectivity index is 1.77. The summed E-state index contributed by atoms with van der Waals surface area (Å²) in [6.45, 7) is 0.295. The average molecular weight is 445 g/mol. The first-order valence-electron chi connectivity index (χ1n) is 10.0. The maximum Gasteiger partial charge on any atom is 0.410 e. The van der Waals surface area contributed by atoms with Gasteiger partial charge in [-0.05, 0) is 30.5 Å². The summed E-state index contributed by atoms with van der Waals surface area (Å²) in [5.74, 6) is -1.07. The Kier molecular flexibility index (Phi) is 7.89. The maximum absolute atomic E-state index is 12.9. The molecule has 1 N–H and O–H groups in total. The van der Waals surface area contributed by atoms with Crippen LogP contribution in [0, 0.1) is 0 Å². The predicted octanol–water partition coefficient (Wildman–Crippen LogP) is 3.37. The van der Waals surface area contributed by atoms with E-state index in [1.54, 1.807) is 30.3 Å². The van der Waals surface area contributed by atoms with Crippen LogP contribution in [-0.4, -0.2) is 54.0 Å². The highest BCUT2D eigenvalue weighted by atomic mass is 35.5. The SMILES string of the molecule is COC(=O)C(NC(=O)c1ccccc1)C1CCC(Cl)CN1C(=O)OCc1ccccc1. The molecule has 7 nitrogen and oxygen atoms in total. The number of amides is 2. The second-order valence-electron chi connectivity index (χ2n) is 7.27. The van der Waals surface area contributed by atoms with Crippen molar-refractivity contribution < 1.29 is 23.9 Å². The Morgan fingerprint density at radius 2 is 1.71 bits per heavy atom. The van der Waals surface area contributed by atoms with E-state index in [0.717, 1.165) is 5.56 Å². The van der Waals surface area contributed by atoms with E-state index in [1.165, 1.54) is 12.0 Å². The molecule has 8 heteroatoms. The van der Waals surface area contributed by atoms with Crippen molar-refractivity contribution in [2.24, 2.45) is 0 Å². The van der Waals surface area contributed by atoms with Crippen LogP contribution in [0.25, 0.3) is 0 Å². The van der Waals surface area contributed by atoms with Gasteiger partial charge < -0.3 is 19.7 Å². The molecule has 0 aliphatic carbocycles. The van der Waals surface area contributed by atoms with Gasteiger partial charge in [0.2, 0.25) is 0 Å². The van der Waals surface area contributed by atoms with Crippen molar-refractivity contribution in [1.82, 2.24) is 10.2 Å². The van der Waals surface area contributed by atoms with Crippen LogP contribution < -0.4 is 5.32 Å². The Labute approximate surface area is 186 Å². The van der Waals surface area contributed by atoms with Crippen molar-refractivity contribution in [2.75, 3.05) is 13.7 Å². The van der Waals surface area contributed by atoms with E-state index in [9.17, 15) is 14.4 Å². The normalized spacial score (nSPS) is 19.2. The fourth-order valence-electron chi connectivity index (χ4n) is 3.56. The number of nitrogens with one attached hydrogen (secondary N) is 1. The topological polar surface area (TPSA) is 84.9 Å². The molecule has 3 atom stereocenters. The number of likely N-dealkylation sites (tertiary alicyclic amines) is 1. The Hall–Kier alpha value is -3.06. The maximum atomic E-state index is 12.9. The highest BCUT2D eigenvalue weighted by molar-refractivity contribution is 6.21. The number of methoxy groups -OCH3 is 1. The number of esters is 1. The van der Waals surface area contributed by atoms with E-state index in [4.69, 9.17) is 21.1 Å².